The van der Waals surface area contributed by atoms with Crippen LogP contribution in [0, 0.1) is 0 Å². The van der Waals surface area contributed by atoms with Crippen LogP contribution < -0.4 is 4.80 Å². The van der Waals surface area contributed by atoms with Crippen LogP contribution in [-0.4, -0.2) is 30.4 Å². The molecule has 1 aliphatic heterocycles. The smallest absolute Gasteiger partial charge is 0.243 e. The molecule has 0 N–H and O–H groups in total. The standard InChI is InChI=1S/C28H29N3O2S2/c32-35(33,30-18-8-3-9-19-30)26-16-10-13-24(21-26)27-22-34-28(29-25-14-6-2-7-15-25)31(27)20-17-23-11-4-1-5-12-23/h1-2,4-7,10-16,21-22H,3,8-9,17-20H2. The second kappa shape index (κ2) is 10.7. The lowest BCUT2D eigenvalue weighted by atomic mass is 10.1. The van der Waals surface area contributed by atoms with Crippen LogP contribution >= 0.6 is 11.3 Å². The minimum atomic E-state index is -3.50. The van der Waals surface area contributed by atoms with Crippen molar-refractivity contribution in [3.8, 4) is 11.3 Å². The van der Waals surface area contributed by atoms with Gasteiger partial charge in [0.25, 0.3) is 0 Å². The Kier molecular flexibility index (Phi) is 7.27. The molecule has 1 saturated heterocycles. The first-order valence-electron chi connectivity index (χ1n) is 12.0. The van der Waals surface area contributed by atoms with E-state index in [2.05, 4.69) is 34.2 Å². The number of aromatic nitrogens is 1. The highest BCUT2D eigenvalue weighted by Gasteiger charge is 2.26. The van der Waals surface area contributed by atoms with Crippen LogP contribution in [0.3, 0.4) is 0 Å². The number of piperidine rings is 1. The summed E-state index contributed by atoms with van der Waals surface area (Å²) in [5.74, 6) is 0. The fraction of sp³-hybridized carbons (Fsp3) is 0.250. The SMILES string of the molecule is O=S(=O)(c1cccc(-c2csc(=Nc3ccccc3)n2CCc2ccccc2)c1)N1CCCCC1. The number of aryl methyl sites for hydroxylation is 1. The van der Waals surface area contributed by atoms with Crippen LogP contribution in [-0.2, 0) is 23.0 Å². The molecule has 7 heteroatoms. The van der Waals surface area contributed by atoms with Gasteiger partial charge in [0.1, 0.15) is 0 Å². The van der Waals surface area contributed by atoms with E-state index in [0.29, 0.717) is 18.0 Å². The van der Waals surface area contributed by atoms with Crippen molar-refractivity contribution >= 4 is 27.0 Å². The Labute approximate surface area is 211 Å². The van der Waals surface area contributed by atoms with Crippen molar-refractivity contribution in [1.82, 2.24) is 8.87 Å². The van der Waals surface area contributed by atoms with E-state index in [4.69, 9.17) is 4.99 Å². The Balaban J connectivity index is 1.54. The first kappa shape index (κ1) is 23.7. The summed E-state index contributed by atoms with van der Waals surface area (Å²) in [6, 6.07) is 27.7. The van der Waals surface area contributed by atoms with Crippen molar-refractivity contribution in [3.05, 3.63) is 101 Å². The Morgan fingerprint density at radius 3 is 2.29 bits per heavy atom. The molecule has 35 heavy (non-hydrogen) atoms. The zero-order valence-electron chi connectivity index (χ0n) is 19.6. The molecule has 0 bridgehead atoms. The van der Waals surface area contributed by atoms with Crippen molar-refractivity contribution in [3.63, 3.8) is 0 Å². The Morgan fingerprint density at radius 1 is 0.829 bits per heavy atom. The molecule has 180 valence electrons. The lowest BCUT2D eigenvalue weighted by Gasteiger charge is -2.26. The molecule has 0 unspecified atom stereocenters. The molecule has 0 radical (unpaired) electrons. The van der Waals surface area contributed by atoms with E-state index < -0.39 is 10.0 Å². The maximum Gasteiger partial charge on any atom is 0.243 e. The van der Waals surface area contributed by atoms with E-state index >= 15 is 0 Å². The van der Waals surface area contributed by atoms with Crippen molar-refractivity contribution in [2.75, 3.05) is 13.1 Å². The van der Waals surface area contributed by atoms with Crippen LogP contribution in [0.25, 0.3) is 11.3 Å². The number of hydrogen-bond acceptors (Lipinski definition) is 4. The summed E-state index contributed by atoms with van der Waals surface area (Å²) in [4.78, 5) is 6.15. The van der Waals surface area contributed by atoms with E-state index in [9.17, 15) is 8.42 Å². The average Bonchev–Trinajstić information content (AvgIpc) is 3.31. The number of benzene rings is 3. The summed E-state index contributed by atoms with van der Waals surface area (Å²) >= 11 is 1.58. The van der Waals surface area contributed by atoms with Crippen molar-refractivity contribution < 1.29 is 8.42 Å². The highest BCUT2D eigenvalue weighted by molar-refractivity contribution is 7.89. The molecule has 0 spiro atoms. The van der Waals surface area contributed by atoms with Gasteiger partial charge in [-0.1, -0.05) is 67.1 Å². The van der Waals surface area contributed by atoms with Gasteiger partial charge < -0.3 is 4.57 Å². The lowest BCUT2D eigenvalue weighted by Crippen LogP contribution is -2.35. The van der Waals surface area contributed by atoms with Gasteiger partial charge in [-0.2, -0.15) is 4.31 Å². The average molecular weight is 504 g/mol. The van der Waals surface area contributed by atoms with Crippen LogP contribution in [0.15, 0.2) is 100 Å². The summed E-state index contributed by atoms with van der Waals surface area (Å²) in [5, 5.41) is 2.08. The van der Waals surface area contributed by atoms with Crippen molar-refractivity contribution in [2.24, 2.45) is 4.99 Å². The van der Waals surface area contributed by atoms with Gasteiger partial charge in [-0.3, -0.25) is 0 Å². The number of sulfonamides is 1. The van der Waals surface area contributed by atoms with E-state index in [1.807, 2.05) is 54.6 Å². The fourth-order valence-electron chi connectivity index (χ4n) is 4.43. The third kappa shape index (κ3) is 5.48. The Bertz CT molecular complexity index is 1440. The molecule has 1 aromatic heterocycles. The van der Waals surface area contributed by atoms with Crippen LogP contribution in [0.1, 0.15) is 24.8 Å². The second-order valence-corrected chi connectivity index (χ2v) is 11.5. The molecule has 5 rings (SSSR count). The van der Waals surface area contributed by atoms with Gasteiger partial charge >= 0.3 is 0 Å². The lowest BCUT2D eigenvalue weighted by molar-refractivity contribution is 0.346. The topological polar surface area (TPSA) is 54.7 Å². The zero-order valence-corrected chi connectivity index (χ0v) is 21.2. The van der Waals surface area contributed by atoms with Gasteiger partial charge in [0.05, 0.1) is 16.3 Å². The minimum absolute atomic E-state index is 0.360. The quantitative estimate of drug-likeness (QED) is 0.317. The first-order chi connectivity index (χ1) is 17.1. The molecule has 1 aliphatic rings. The summed E-state index contributed by atoms with van der Waals surface area (Å²) in [6.07, 6.45) is 3.80. The van der Waals surface area contributed by atoms with E-state index in [-0.39, 0.29) is 0 Å². The molecule has 4 aromatic rings. The summed E-state index contributed by atoms with van der Waals surface area (Å²) in [6.45, 7) is 1.95. The molecule has 0 amide bonds. The number of hydrogen-bond donors (Lipinski definition) is 0. The molecule has 3 aromatic carbocycles. The minimum Gasteiger partial charge on any atom is -0.316 e. The zero-order chi connectivity index (χ0) is 24.1. The van der Waals surface area contributed by atoms with Gasteiger partial charge in [-0.25, -0.2) is 13.4 Å². The Hall–Kier alpha value is -3.00. The molecule has 0 aliphatic carbocycles. The van der Waals surface area contributed by atoms with E-state index in [1.54, 1.807) is 21.7 Å². The van der Waals surface area contributed by atoms with E-state index in [1.165, 1.54) is 5.56 Å². The maximum atomic E-state index is 13.3. The number of para-hydroxylation sites is 1. The van der Waals surface area contributed by atoms with Gasteiger partial charge in [0, 0.05) is 30.6 Å². The summed E-state index contributed by atoms with van der Waals surface area (Å²) < 4.78 is 30.5. The highest BCUT2D eigenvalue weighted by atomic mass is 32.2. The molecule has 0 atom stereocenters. The third-order valence-corrected chi connectivity index (χ3v) is 9.09. The largest absolute Gasteiger partial charge is 0.316 e. The summed E-state index contributed by atoms with van der Waals surface area (Å²) in [7, 11) is -3.50. The Morgan fingerprint density at radius 2 is 1.54 bits per heavy atom. The van der Waals surface area contributed by atoms with Gasteiger partial charge in [-0.05, 0) is 49.1 Å². The predicted octanol–water partition coefficient (Wildman–Crippen LogP) is 5.87. The third-order valence-electron chi connectivity index (χ3n) is 6.33. The van der Waals surface area contributed by atoms with Crippen LogP contribution in [0.4, 0.5) is 5.69 Å². The van der Waals surface area contributed by atoms with Crippen LogP contribution in [0.2, 0.25) is 0 Å². The van der Waals surface area contributed by atoms with Gasteiger partial charge in [-0.15, -0.1) is 11.3 Å². The molecule has 5 nitrogen and oxygen atoms in total. The first-order valence-corrected chi connectivity index (χ1v) is 14.4. The molecule has 1 fully saturated rings. The predicted molar refractivity (Wildman–Crippen MR) is 142 cm³/mol. The molecular weight excluding hydrogens is 474 g/mol. The van der Waals surface area contributed by atoms with Gasteiger partial charge in [0.2, 0.25) is 10.0 Å². The second-order valence-electron chi connectivity index (χ2n) is 8.73. The maximum absolute atomic E-state index is 13.3. The van der Waals surface area contributed by atoms with Gasteiger partial charge in [0.15, 0.2) is 4.80 Å². The normalized spacial score (nSPS) is 15.4. The molecule has 0 saturated carbocycles. The number of thiazole rings is 1. The van der Waals surface area contributed by atoms with Crippen LogP contribution in [0.5, 0.6) is 0 Å². The fourth-order valence-corrected chi connectivity index (χ4v) is 6.95. The van der Waals surface area contributed by atoms with Crippen molar-refractivity contribution in [1.29, 1.82) is 0 Å². The monoisotopic (exact) mass is 503 g/mol. The molecule has 2 heterocycles. The number of rotatable bonds is 7. The summed E-state index contributed by atoms with van der Waals surface area (Å²) in [5.41, 5.74) is 4.03. The van der Waals surface area contributed by atoms with Crippen molar-refractivity contribution in [2.45, 2.75) is 37.1 Å². The van der Waals surface area contributed by atoms with E-state index in [0.717, 1.165) is 54.0 Å². The molecular formula is C28H29N3O2S2. The highest BCUT2D eigenvalue weighted by Crippen LogP contribution is 2.27. The number of nitrogens with zero attached hydrogens (tertiary/aromatic N) is 3.